The fourth-order valence-corrected chi connectivity index (χ4v) is 3.22. The van der Waals surface area contributed by atoms with Gasteiger partial charge in [-0.05, 0) is 30.9 Å². The number of carboxylic acid groups (broad SMARTS) is 1. The highest BCUT2D eigenvalue weighted by Crippen LogP contribution is 2.37. The zero-order valence-corrected chi connectivity index (χ0v) is 10.9. The van der Waals surface area contributed by atoms with Crippen LogP contribution in [-0.2, 0) is 9.53 Å². The third-order valence-corrected chi connectivity index (χ3v) is 4.21. The molecule has 2 heterocycles. The predicted molar refractivity (Wildman–Crippen MR) is 72.6 cm³/mol. The molecule has 1 N–H and O–H groups in total. The molecule has 2 aliphatic rings. The predicted octanol–water partition coefficient (Wildman–Crippen LogP) is 2.24. The molecule has 0 amide bonds. The summed E-state index contributed by atoms with van der Waals surface area (Å²) in [5.74, 6) is -1.06. The van der Waals surface area contributed by atoms with Crippen molar-refractivity contribution in [2.24, 2.45) is 0 Å². The van der Waals surface area contributed by atoms with Crippen LogP contribution >= 0.6 is 0 Å². The average Bonchev–Trinajstić information content (AvgIpc) is 2.47. The summed E-state index contributed by atoms with van der Waals surface area (Å²) >= 11 is 0. The van der Waals surface area contributed by atoms with Crippen molar-refractivity contribution in [1.29, 1.82) is 0 Å². The van der Waals surface area contributed by atoms with Gasteiger partial charge in [-0.3, -0.25) is 4.79 Å². The lowest BCUT2D eigenvalue weighted by molar-refractivity contribution is -0.139. The van der Waals surface area contributed by atoms with Gasteiger partial charge in [-0.2, -0.15) is 0 Å². The minimum absolute atomic E-state index is 0.354. The Hall–Kier alpha value is -1.55. The van der Waals surface area contributed by atoms with Gasteiger partial charge in [-0.15, -0.1) is 0 Å². The number of hydrogen-bond donors (Lipinski definition) is 1. The van der Waals surface area contributed by atoms with Crippen LogP contribution in [0, 0.1) is 0 Å². The maximum Gasteiger partial charge on any atom is 0.311 e. The number of fused-ring (bicyclic) bond motifs is 1. The molecule has 0 aliphatic carbocycles. The van der Waals surface area contributed by atoms with E-state index in [-0.39, 0.29) is 5.92 Å². The molecule has 1 atom stereocenters. The minimum Gasteiger partial charge on any atom is -0.481 e. The second-order valence-corrected chi connectivity index (χ2v) is 5.28. The minimum atomic E-state index is -0.709. The van der Waals surface area contributed by atoms with Gasteiger partial charge in [0.15, 0.2) is 0 Å². The van der Waals surface area contributed by atoms with Gasteiger partial charge in [0.1, 0.15) is 0 Å². The van der Waals surface area contributed by atoms with Crippen molar-refractivity contribution < 1.29 is 14.6 Å². The Morgan fingerprint density at radius 1 is 1.21 bits per heavy atom. The fraction of sp³-hybridized carbons (Fsp3) is 0.533. The van der Waals surface area contributed by atoms with E-state index in [0.717, 1.165) is 43.9 Å². The quantitative estimate of drug-likeness (QED) is 0.887. The second-order valence-electron chi connectivity index (χ2n) is 5.28. The van der Waals surface area contributed by atoms with Gasteiger partial charge in [0, 0.05) is 31.5 Å². The highest BCUT2D eigenvalue weighted by atomic mass is 16.5. The van der Waals surface area contributed by atoms with Crippen LogP contribution in [0.2, 0.25) is 0 Å². The first-order valence-corrected chi connectivity index (χ1v) is 6.93. The van der Waals surface area contributed by atoms with E-state index in [1.807, 2.05) is 18.2 Å². The first-order valence-electron chi connectivity index (χ1n) is 6.93. The molecule has 0 saturated carbocycles. The molecule has 4 heteroatoms. The lowest BCUT2D eigenvalue weighted by Gasteiger charge is -2.41. The monoisotopic (exact) mass is 261 g/mol. The molecule has 0 aromatic heterocycles. The third-order valence-electron chi connectivity index (χ3n) is 4.21. The molecule has 102 valence electrons. The zero-order chi connectivity index (χ0) is 13.2. The van der Waals surface area contributed by atoms with Crippen molar-refractivity contribution in [2.45, 2.75) is 31.2 Å². The van der Waals surface area contributed by atoms with E-state index in [0.29, 0.717) is 12.5 Å². The van der Waals surface area contributed by atoms with Crippen molar-refractivity contribution in [2.75, 3.05) is 24.7 Å². The second kappa shape index (κ2) is 5.21. The topological polar surface area (TPSA) is 49.8 Å². The normalized spacial score (nSPS) is 24.0. The molecule has 0 bridgehead atoms. The van der Waals surface area contributed by atoms with E-state index in [1.54, 1.807) is 0 Å². The summed E-state index contributed by atoms with van der Waals surface area (Å²) in [6, 6.07) is 8.43. The molecule has 0 radical (unpaired) electrons. The van der Waals surface area contributed by atoms with E-state index in [2.05, 4.69) is 11.0 Å². The molecule has 19 heavy (non-hydrogen) atoms. The summed E-state index contributed by atoms with van der Waals surface area (Å²) < 4.78 is 5.42. The Morgan fingerprint density at radius 2 is 1.95 bits per heavy atom. The Balaban J connectivity index is 1.91. The van der Waals surface area contributed by atoms with Crippen molar-refractivity contribution >= 4 is 11.7 Å². The van der Waals surface area contributed by atoms with Crippen LogP contribution in [0.5, 0.6) is 0 Å². The maximum atomic E-state index is 11.4. The molecular formula is C15H19NO3. The summed E-state index contributed by atoms with van der Waals surface area (Å²) in [6.07, 6.45) is 2.77. The number of carboxylic acids is 1. The number of hydrogen-bond acceptors (Lipinski definition) is 3. The highest BCUT2D eigenvalue weighted by Gasteiger charge is 2.33. The van der Waals surface area contributed by atoms with Gasteiger partial charge in [0.25, 0.3) is 0 Å². The lowest BCUT2D eigenvalue weighted by Crippen LogP contribution is -2.43. The van der Waals surface area contributed by atoms with Crippen LogP contribution in [0.3, 0.4) is 0 Å². The van der Waals surface area contributed by atoms with E-state index in [9.17, 15) is 9.90 Å². The molecule has 1 aromatic carbocycles. The van der Waals surface area contributed by atoms with Crippen molar-refractivity contribution in [1.82, 2.24) is 0 Å². The molecule has 4 nitrogen and oxygen atoms in total. The summed E-state index contributed by atoms with van der Waals surface area (Å²) in [4.78, 5) is 13.7. The van der Waals surface area contributed by atoms with Gasteiger partial charge in [-0.25, -0.2) is 0 Å². The highest BCUT2D eigenvalue weighted by molar-refractivity contribution is 5.80. The Labute approximate surface area is 113 Å². The SMILES string of the molecule is O=C(O)C1CCN(C2CCOCC2)c2ccccc21. The molecule has 1 unspecified atom stereocenters. The first kappa shape index (κ1) is 12.5. The molecule has 0 spiro atoms. The van der Waals surface area contributed by atoms with Gasteiger partial charge >= 0.3 is 5.97 Å². The van der Waals surface area contributed by atoms with Crippen LogP contribution in [0.25, 0.3) is 0 Å². The summed E-state index contributed by atoms with van der Waals surface area (Å²) in [6.45, 7) is 2.45. The van der Waals surface area contributed by atoms with Crippen molar-refractivity contribution in [3.63, 3.8) is 0 Å². The molecule has 1 aromatic rings. The van der Waals surface area contributed by atoms with Crippen LogP contribution in [0.1, 0.15) is 30.7 Å². The number of rotatable bonds is 2. The van der Waals surface area contributed by atoms with E-state index in [4.69, 9.17) is 4.74 Å². The molecule has 1 saturated heterocycles. The van der Waals surface area contributed by atoms with Crippen LogP contribution in [0.4, 0.5) is 5.69 Å². The van der Waals surface area contributed by atoms with Gasteiger partial charge in [0.05, 0.1) is 5.92 Å². The van der Waals surface area contributed by atoms with E-state index in [1.165, 1.54) is 0 Å². The Morgan fingerprint density at radius 3 is 2.68 bits per heavy atom. The fourth-order valence-electron chi connectivity index (χ4n) is 3.22. The lowest BCUT2D eigenvalue weighted by atomic mass is 9.88. The zero-order valence-electron chi connectivity index (χ0n) is 10.9. The van der Waals surface area contributed by atoms with Crippen LogP contribution < -0.4 is 4.90 Å². The third kappa shape index (κ3) is 2.32. The Kier molecular flexibility index (Phi) is 3.42. The number of anilines is 1. The molecule has 3 rings (SSSR count). The molecule has 1 fully saturated rings. The standard InChI is InChI=1S/C15H19NO3/c17-15(18)13-5-8-16(11-6-9-19-10-7-11)14-4-2-1-3-12(13)14/h1-4,11,13H,5-10H2,(H,17,18). The number of aliphatic carboxylic acids is 1. The van der Waals surface area contributed by atoms with Crippen molar-refractivity contribution in [3.8, 4) is 0 Å². The Bertz CT molecular complexity index is 468. The largest absolute Gasteiger partial charge is 0.481 e. The first-order chi connectivity index (χ1) is 9.27. The number of benzene rings is 1. The smallest absolute Gasteiger partial charge is 0.311 e. The van der Waals surface area contributed by atoms with E-state index >= 15 is 0 Å². The summed E-state index contributed by atoms with van der Waals surface area (Å²) in [5.41, 5.74) is 2.07. The summed E-state index contributed by atoms with van der Waals surface area (Å²) in [5, 5.41) is 9.34. The number of nitrogens with zero attached hydrogens (tertiary/aromatic N) is 1. The van der Waals surface area contributed by atoms with Gasteiger partial charge < -0.3 is 14.7 Å². The number of para-hydroxylation sites is 1. The summed E-state index contributed by atoms with van der Waals surface area (Å²) in [7, 11) is 0. The van der Waals surface area contributed by atoms with E-state index < -0.39 is 5.97 Å². The van der Waals surface area contributed by atoms with Gasteiger partial charge in [-0.1, -0.05) is 18.2 Å². The van der Waals surface area contributed by atoms with Crippen LogP contribution in [-0.4, -0.2) is 36.9 Å². The molecule has 2 aliphatic heterocycles. The van der Waals surface area contributed by atoms with Gasteiger partial charge in [0.2, 0.25) is 0 Å². The maximum absolute atomic E-state index is 11.4. The number of ether oxygens (including phenoxy) is 1. The molecular weight excluding hydrogens is 242 g/mol. The van der Waals surface area contributed by atoms with Crippen molar-refractivity contribution in [3.05, 3.63) is 29.8 Å². The number of carbonyl (C=O) groups is 1. The van der Waals surface area contributed by atoms with Crippen LogP contribution in [0.15, 0.2) is 24.3 Å². The average molecular weight is 261 g/mol.